The highest BCUT2D eigenvalue weighted by Gasteiger charge is 2.27. The molecule has 1 saturated heterocycles. The van der Waals surface area contributed by atoms with Crippen LogP contribution in [-0.2, 0) is 4.79 Å². The Hall–Kier alpha value is -1.75. The molecule has 1 aromatic rings. The summed E-state index contributed by atoms with van der Waals surface area (Å²) in [6.07, 6.45) is 4.26. The van der Waals surface area contributed by atoms with E-state index in [9.17, 15) is 4.79 Å². The molecular weight excluding hydrogens is 272 g/mol. The summed E-state index contributed by atoms with van der Waals surface area (Å²) in [7, 11) is 1.64. The number of rotatable bonds is 2. The van der Waals surface area contributed by atoms with Crippen molar-refractivity contribution in [3.05, 3.63) is 34.7 Å². The summed E-state index contributed by atoms with van der Waals surface area (Å²) in [6.45, 7) is 2.02. The zero-order chi connectivity index (χ0) is 13.9. The van der Waals surface area contributed by atoms with Crippen molar-refractivity contribution in [2.45, 2.75) is 12.8 Å². The highest BCUT2D eigenvalue weighted by molar-refractivity contribution is 8.18. The van der Waals surface area contributed by atoms with Gasteiger partial charge in [0.2, 0.25) is 0 Å². The SMILES string of the molecule is COc1ccc(/C=C2\SC(N3CCCC3)=NC2=O)cc1. The molecule has 0 bridgehead atoms. The van der Waals surface area contributed by atoms with Crippen LogP contribution >= 0.6 is 11.8 Å². The van der Waals surface area contributed by atoms with Gasteiger partial charge in [0.15, 0.2) is 5.17 Å². The van der Waals surface area contributed by atoms with E-state index in [0.29, 0.717) is 4.91 Å². The number of amides is 1. The van der Waals surface area contributed by atoms with Crippen LogP contribution in [0.25, 0.3) is 6.08 Å². The standard InChI is InChI=1S/C15H16N2O2S/c1-19-12-6-4-11(5-7-12)10-13-14(18)16-15(20-13)17-8-2-3-9-17/h4-7,10H,2-3,8-9H2,1H3/b13-10-. The number of aliphatic imine (C=N–C) groups is 1. The van der Waals surface area contributed by atoms with E-state index in [0.717, 1.165) is 29.6 Å². The molecule has 1 aromatic carbocycles. The van der Waals surface area contributed by atoms with E-state index in [1.165, 1.54) is 24.6 Å². The van der Waals surface area contributed by atoms with Gasteiger partial charge in [0.1, 0.15) is 5.75 Å². The molecule has 2 aliphatic heterocycles. The number of nitrogens with zero attached hydrogens (tertiary/aromatic N) is 2. The third-order valence-electron chi connectivity index (χ3n) is 3.40. The maximum Gasteiger partial charge on any atom is 0.286 e. The Balaban J connectivity index is 1.74. The number of thioether (sulfide) groups is 1. The number of carbonyl (C=O) groups is 1. The van der Waals surface area contributed by atoms with E-state index in [2.05, 4.69) is 9.89 Å². The van der Waals surface area contributed by atoms with E-state index in [4.69, 9.17) is 4.74 Å². The van der Waals surface area contributed by atoms with Gasteiger partial charge in [-0.15, -0.1) is 0 Å². The van der Waals surface area contributed by atoms with Crippen molar-refractivity contribution < 1.29 is 9.53 Å². The number of ether oxygens (including phenoxy) is 1. The van der Waals surface area contributed by atoms with E-state index in [-0.39, 0.29) is 5.91 Å². The number of hydrogen-bond donors (Lipinski definition) is 0. The summed E-state index contributed by atoms with van der Waals surface area (Å²) >= 11 is 1.48. The molecule has 1 fully saturated rings. The van der Waals surface area contributed by atoms with Crippen LogP contribution in [0.3, 0.4) is 0 Å². The lowest BCUT2D eigenvalue weighted by Crippen LogP contribution is -2.23. The van der Waals surface area contributed by atoms with Gasteiger partial charge in [0, 0.05) is 13.1 Å². The molecule has 104 valence electrons. The number of amidine groups is 1. The highest BCUT2D eigenvalue weighted by Crippen LogP contribution is 2.31. The van der Waals surface area contributed by atoms with Crippen LogP contribution < -0.4 is 4.74 Å². The first-order valence-electron chi connectivity index (χ1n) is 6.68. The quantitative estimate of drug-likeness (QED) is 0.785. The number of benzene rings is 1. The van der Waals surface area contributed by atoms with Crippen LogP contribution in [0.15, 0.2) is 34.2 Å². The Morgan fingerprint density at radius 3 is 2.60 bits per heavy atom. The number of likely N-dealkylation sites (tertiary alicyclic amines) is 1. The van der Waals surface area contributed by atoms with Gasteiger partial charge in [-0.3, -0.25) is 4.79 Å². The van der Waals surface area contributed by atoms with Crippen LogP contribution in [-0.4, -0.2) is 36.2 Å². The minimum Gasteiger partial charge on any atom is -0.497 e. The van der Waals surface area contributed by atoms with Gasteiger partial charge in [0.25, 0.3) is 5.91 Å². The second-order valence-corrected chi connectivity index (χ2v) is 5.79. The Bertz CT molecular complexity index is 572. The van der Waals surface area contributed by atoms with Crippen molar-refractivity contribution in [2.75, 3.05) is 20.2 Å². The van der Waals surface area contributed by atoms with E-state index >= 15 is 0 Å². The molecule has 0 unspecified atom stereocenters. The first-order chi connectivity index (χ1) is 9.76. The molecule has 0 aromatic heterocycles. The molecule has 3 rings (SSSR count). The molecule has 5 heteroatoms. The topological polar surface area (TPSA) is 41.9 Å². The molecule has 1 amide bonds. The summed E-state index contributed by atoms with van der Waals surface area (Å²) in [4.78, 5) is 19.0. The van der Waals surface area contributed by atoms with Crippen molar-refractivity contribution in [2.24, 2.45) is 4.99 Å². The molecule has 4 nitrogen and oxygen atoms in total. The fourth-order valence-electron chi connectivity index (χ4n) is 2.29. The number of hydrogen-bond acceptors (Lipinski definition) is 4. The molecule has 20 heavy (non-hydrogen) atoms. The summed E-state index contributed by atoms with van der Waals surface area (Å²) in [6, 6.07) is 7.65. The molecule has 0 aliphatic carbocycles. The molecule has 0 spiro atoms. The highest BCUT2D eigenvalue weighted by atomic mass is 32.2. The number of methoxy groups -OCH3 is 1. The van der Waals surface area contributed by atoms with Crippen molar-refractivity contribution >= 4 is 28.9 Å². The average molecular weight is 288 g/mol. The van der Waals surface area contributed by atoms with Gasteiger partial charge < -0.3 is 9.64 Å². The predicted molar refractivity (Wildman–Crippen MR) is 81.8 cm³/mol. The third kappa shape index (κ3) is 2.72. The molecular formula is C15H16N2O2S. The molecule has 0 N–H and O–H groups in total. The van der Waals surface area contributed by atoms with Gasteiger partial charge in [0.05, 0.1) is 12.0 Å². The predicted octanol–water partition coefficient (Wildman–Crippen LogP) is 2.76. The second kappa shape index (κ2) is 5.71. The van der Waals surface area contributed by atoms with Crippen molar-refractivity contribution in [3.63, 3.8) is 0 Å². The fraction of sp³-hybridized carbons (Fsp3) is 0.333. The minimum absolute atomic E-state index is 0.132. The second-order valence-electron chi connectivity index (χ2n) is 4.78. The van der Waals surface area contributed by atoms with Gasteiger partial charge in [-0.25, -0.2) is 0 Å². The third-order valence-corrected chi connectivity index (χ3v) is 4.44. The molecule has 0 radical (unpaired) electrons. The molecule has 2 heterocycles. The van der Waals surface area contributed by atoms with Gasteiger partial charge in [-0.1, -0.05) is 12.1 Å². The van der Waals surface area contributed by atoms with Crippen LogP contribution in [0.5, 0.6) is 5.75 Å². The smallest absolute Gasteiger partial charge is 0.286 e. The van der Waals surface area contributed by atoms with Crippen molar-refractivity contribution in [1.82, 2.24) is 4.90 Å². The maximum atomic E-state index is 11.9. The first-order valence-corrected chi connectivity index (χ1v) is 7.49. The summed E-state index contributed by atoms with van der Waals surface area (Å²) in [5, 5.41) is 0.854. The zero-order valence-corrected chi connectivity index (χ0v) is 12.2. The lowest BCUT2D eigenvalue weighted by atomic mass is 10.2. The average Bonchev–Trinajstić information content (AvgIpc) is 3.10. The normalized spacial score (nSPS) is 20.6. The summed E-state index contributed by atoms with van der Waals surface area (Å²) in [5.41, 5.74) is 0.986. The van der Waals surface area contributed by atoms with Crippen LogP contribution in [0.4, 0.5) is 0 Å². The fourth-order valence-corrected chi connectivity index (χ4v) is 3.26. The van der Waals surface area contributed by atoms with Crippen molar-refractivity contribution in [1.29, 1.82) is 0 Å². The van der Waals surface area contributed by atoms with Gasteiger partial charge in [-0.05, 0) is 48.4 Å². The van der Waals surface area contributed by atoms with Gasteiger partial charge in [-0.2, -0.15) is 4.99 Å². The minimum atomic E-state index is -0.132. The monoisotopic (exact) mass is 288 g/mol. The van der Waals surface area contributed by atoms with Crippen LogP contribution in [0.2, 0.25) is 0 Å². The Labute approximate surface area is 122 Å². The van der Waals surface area contributed by atoms with E-state index < -0.39 is 0 Å². The largest absolute Gasteiger partial charge is 0.497 e. The zero-order valence-electron chi connectivity index (χ0n) is 11.3. The Morgan fingerprint density at radius 2 is 1.95 bits per heavy atom. The summed E-state index contributed by atoms with van der Waals surface area (Å²) < 4.78 is 5.12. The van der Waals surface area contributed by atoms with Crippen LogP contribution in [0, 0.1) is 0 Å². The molecule has 0 saturated carbocycles. The van der Waals surface area contributed by atoms with E-state index in [1.54, 1.807) is 7.11 Å². The van der Waals surface area contributed by atoms with Crippen LogP contribution in [0.1, 0.15) is 18.4 Å². The lowest BCUT2D eigenvalue weighted by molar-refractivity contribution is -0.113. The van der Waals surface area contributed by atoms with E-state index in [1.807, 2.05) is 30.3 Å². The molecule has 2 aliphatic rings. The molecule has 0 atom stereocenters. The number of carbonyl (C=O) groups excluding carboxylic acids is 1. The Kier molecular flexibility index (Phi) is 3.78. The first kappa shape index (κ1) is 13.2. The Morgan fingerprint density at radius 1 is 1.25 bits per heavy atom. The maximum absolute atomic E-state index is 11.9. The lowest BCUT2D eigenvalue weighted by Gasteiger charge is -2.14. The van der Waals surface area contributed by atoms with Crippen molar-refractivity contribution in [3.8, 4) is 5.75 Å². The van der Waals surface area contributed by atoms with Gasteiger partial charge >= 0.3 is 0 Å². The summed E-state index contributed by atoms with van der Waals surface area (Å²) in [5.74, 6) is 0.680.